The van der Waals surface area contributed by atoms with Gasteiger partial charge in [-0.15, -0.1) is 0 Å². The van der Waals surface area contributed by atoms with Crippen LogP contribution >= 0.6 is 0 Å². The number of rotatable bonds is 8. The number of amides is 2. The first-order valence-corrected chi connectivity index (χ1v) is 11.2. The molecule has 1 fully saturated rings. The van der Waals surface area contributed by atoms with Crippen molar-refractivity contribution in [2.24, 2.45) is 0 Å². The van der Waals surface area contributed by atoms with Gasteiger partial charge in [-0.2, -0.15) is 0 Å². The van der Waals surface area contributed by atoms with E-state index >= 15 is 0 Å². The molecule has 4 nitrogen and oxygen atoms in total. The molecule has 2 aromatic carbocycles. The van der Waals surface area contributed by atoms with Gasteiger partial charge in [-0.1, -0.05) is 73.9 Å². The van der Waals surface area contributed by atoms with Crippen molar-refractivity contribution in [2.75, 3.05) is 0 Å². The van der Waals surface area contributed by atoms with Gasteiger partial charge >= 0.3 is 0 Å². The maximum Gasteiger partial charge on any atom is 0.242 e. The number of nitrogens with one attached hydrogen (secondary N) is 1. The summed E-state index contributed by atoms with van der Waals surface area (Å²) < 4.78 is 0. The molecule has 0 aromatic heterocycles. The van der Waals surface area contributed by atoms with Crippen LogP contribution in [-0.2, 0) is 22.6 Å². The van der Waals surface area contributed by atoms with E-state index in [9.17, 15) is 9.59 Å². The molecule has 1 N–H and O–H groups in total. The first-order chi connectivity index (χ1) is 14.5. The molecule has 3 rings (SSSR count). The Bertz CT molecular complexity index is 828. The average molecular weight is 407 g/mol. The van der Waals surface area contributed by atoms with Crippen molar-refractivity contribution in [2.45, 2.75) is 77.4 Å². The van der Waals surface area contributed by atoms with Gasteiger partial charge in [-0.05, 0) is 49.8 Å². The van der Waals surface area contributed by atoms with Crippen molar-refractivity contribution in [1.82, 2.24) is 10.2 Å². The molecule has 0 aliphatic heterocycles. The molecule has 1 atom stereocenters. The third kappa shape index (κ3) is 6.19. The monoisotopic (exact) mass is 406 g/mol. The zero-order chi connectivity index (χ0) is 21.3. The maximum absolute atomic E-state index is 13.2. The standard InChI is InChI=1S/C26H34N2O2/c1-20-11-9-10-14-23(20)19-28(25(29)18-17-22-12-5-3-6-13-22)21(2)26(30)27-24-15-7-4-8-16-24/h3,5-6,9-14,21,24H,4,7-8,15-19H2,1-2H3,(H,27,30). The molecule has 1 unspecified atom stereocenters. The highest BCUT2D eigenvalue weighted by molar-refractivity contribution is 5.87. The summed E-state index contributed by atoms with van der Waals surface area (Å²) in [6, 6.07) is 17.9. The summed E-state index contributed by atoms with van der Waals surface area (Å²) >= 11 is 0. The van der Waals surface area contributed by atoms with E-state index in [2.05, 4.69) is 18.3 Å². The third-order valence-corrected chi connectivity index (χ3v) is 6.19. The second-order valence-electron chi connectivity index (χ2n) is 8.45. The number of hydrogen-bond acceptors (Lipinski definition) is 2. The van der Waals surface area contributed by atoms with Gasteiger partial charge in [-0.3, -0.25) is 9.59 Å². The van der Waals surface area contributed by atoms with Gasteiger partial charge in [0.05, 0.1) is 0 Å². The van der Waals surface area contributed by atoms with Gasteiger partial charge in [0.15, 0.2) is 0 Å². The van der Waals surface area contributed by atoms with Gasteiger partial charge in [0.1, 0.15) is 6.04 Å². The predicted molar refractivity (Wildman–Crippen MR) is 121 cm³/mol. The Morgan fingerprint density at radius 3 is 2.37 bits per heavy atom. The highest BCUT2D eigenvalue weighted by Crippen LogP contribution is 2.19. The Morgan fingerprint density at radius 1 is 1.00 bits per heavy atom. The van der Waals surface area contributed by atoms with E-state index in [0.717, 1.165) is 29.5 Å². The van der Waals surface area contributed by atoms with Crippen molar-refractivity contribution >= 4 is 11.8 Å². The van der Waals surface area contributed by atoms with Gasteiger partial charge < -0.3 is 10.2 Å². The molecule has 4 heteroatoms. The molecule has 0 spiro atoms. The summed E-state index contributed by atoms with van der Waals surface area (Å²) in [7, 11) is 0. The molecule has 0 saturated heterocycles. The van der Waals surface area contributed by atoms with E-state index in [4.69, 9.17) is 0 Å². The summed E-state index contributed by atoms with van der Waals surface area (Å²) in [5.41, 5.74) is 3.36. The normalized spacial score (nSPS) is 15.4. The van der Waals surface area contributed by atoms with E-state index in [0.29, 0.717) is 19.4 Å². The van der Waals surface area contributed by atoms with Gasteiger partial charge in [0.2, 0.25) is 11.8 Å². The van der Waals surface area contributed by atoms with E-state index in [1.807, 2.05) is 55.5 Å². The Morgan fingerprint density at radius 2 is 1.67 bits per heavy atom. The maximum atomic E-state index is 13.2. The Hall–Kier alpha value is -2.62. The lowest BCUT2D eigenvalue weighted by atomic mass is 9.95. The van der Waals surface area contributed by atoms with Crippen LogP contribution in [0.5, 0.6) is 0 Å². The molecule has 1 aliphatic rings. The van der Waals surface area contributed by atoms with E-state index in [-0.39, 0.29) is 17.9 Å². The van der Waals surface area contributed by atoms with Crippen LogP contribution in [0.1, 0.15) is 62.1 Å². The highest BCUT2D eigenvalue weighted by atomic mass is 16.2. The van der Waals surface area contributed by atoms with E-state index < -0.39 is 6.04 Å². The number of aryl methyl sites for hydroxylation is 2. The smallest absolute Gasteiger partial charge is 0.242 e. The van der Waals surface area contributed by atoms with Crippen LogP contribution < -0.4 is 5.32 Å². The first kappa shape index (κ1) is 22.1. The van der Waals surface area contributed by atoms with Crippen LogP contribution in [0.3, 0.4) is 0 Å². The largest absolute Gasteiger partial charge is 0.352 e. The summed E-state index contributed by atoms with van der Waals surface area (Å²) in [6.45, 7) is 4.37. The fourth-order valence-corrected chi connectivity index (χ4v) is 4.16. The fourth-order valence-electron chi connectivity index (χ4n) is 4.16. The number of carbonyl (C=O) groups is 2. The van der Waals surface area contributed by atoms with Crippen LogP contribution in [0.25, 0.3) is 0 Å². The van der Waals surface area contributed by atoms with Crippen molar-refractivity contribution in [3.63, 3.8) is 0 Å². The molecule has 2 aromatic rings. The van der Waals surface area contributed by atoms with Gasteiger partial charge in [0, 0.05) is 19.0 Å². The topological polar surface area (TPSA) is 49.4 Å². The van der Waals surface area contributed by atoms with Crippen molar-refractivity contribution in [3.8, 4) is 0 Å². The van der Waals surface area contributed by atoms with E-state index in [1.54, 1.807) is 4.90 Å². The van der Waals surface area contributed by atoms with Crippen molar-refractivity contribution in [3.05, 3.63) is 71.3 Å². The second kappa shape index (κ2) is 11.0. The summed E-state index contributed by atoms with van der Waals surface area (Å²) in [5, 5.41) is 3.20. The fraction of sp³-hybridized carbons (Fsp3) is 0.462. The number of carbonyl (C=O) groups excluding carboxylic acids is 2. The van der Waals surface area contributed by atoms with Crippen LogP contribution in [0.15, 0.2) is 54.6 Å². The Balaban J connectivity index is 1.71. The van der Waals surface area contributed by atoms with Crippen LogP contribution in [0.2, 0.25) is 0 Å². The minimum atomic E-state index is -0.491. The summed E-state index contributed by atoms with van der Waals surface area (Å²) in [6.07, 6.45) is 6.75. The van der Waals surface area contributed by atoms with Crippen molar-refractivity contribution < 1.29 is 9.59 Å². The lowest BCUT2D eigenvalue weighted by Gasteiger charge is -2.31. The van der Waals surface area contributed by atoms with Crippen molar-refractivity contribution in [1.29, 1.82) is 0 Å². The SMILES string of the molecule is Cc1ccccc1CN(C(=O)CCc1ccccc1)C(C)C(=O)NC1CCCCC1. The highest BCUT2D eigenvalue weighted by Gasteiger charge is 2.28. The third-order valence-electron chi connectivity index (χ3n) is 6.19. The molecule has 160 valence electrons. The molecular weight excluding hydrogens is 372 g/mol. The summed E-state index contributed by atoms with van der Waals surface area (Å²) in [4.78, 5) is 28.0. The first-order valence-electron chi connectivity index (χ1n) is 11.2. The predicted octanol–water partition coefficient (Wildman–Crippen LogP) is 4.79. The van der Waals surface area contributed by atoms with Crippen LogP contribution in [0, 0.1) is 6.92 Å². The molecule has 2 amide bonds. The average Bonchev–Trinajstić information content (AvgIpc) is 2.78. The Kier molecular flexibility index (Phi) is 8.06. The molecular formula is C26H34N2O2. The minimum absolute atomic E-state index is 0.0217. The van der Waals surface area contributed by atoms with Gasteiger partial charge in [0.25, 0.3) is 0 Å². The zero-order valence-electron chi connectivity index (χ0n) is 18.3. The molecule has 0 bridgehead atoms. The van der Waals surface area contributed by atoms with Crippen LogP contribution in [-0.4, -0.2) is 28.8 Å². The zero-order valence-corrected chi connectivity index (χ0v) is 18.3. The lowest BCUT2D eigenvalue weighted by Crippen LogP contribution is -2.50. The number of benzene rings is 2. The molecule has 1 saturated carbocycles. The number of hydrogen-bond donors (Lipinski definition) is 1. The quantitative estimate of drug-likeness (QED) is 0.685. The van der Waals surface area contributed by atoms with Crippen LogP contribution in [0.4, 0.5) is 0 Å². The minimum Gasteiger partial charge on any atom is -0.352 e. The molecule has 1 aliphatic carbocycles. The Labute approximate surface area is 180 Å². The van der Waals surface area contributed by atoms with E-state index in [1.165, 1.54) is 19.3 Å². The molecule has 0 radical (unpaired) electrons. The second-order valence-corrected chi connectivity index (χ2v) is 8.45. The van der Waals surface area contributed by atoms with Gasteiger partial charge in [-0.25, -0.2) is 0 Å². The lowest BCUT2D eigenvalue weighted by molar-refractivity contribution is -0.141. The number of nitrogens with zero attached hydrogens (tertiary/aromatic N) is 1. The summed E-state index contributed by atoms with van der Waals surface area (Å²) in [5.74, 6) is -0.0167. The molecule has 30 heavy (non-hydrogen) atoms. The molecule has 0 heterocycles.